The molecule has 0 unspecified atom stereocenters. The zero-order valence-corrected chi connectivity index (χ0v) is 11.5. The lowest BCUT2D eigenvalue weighted by molar-refractivity contribution is 0.242. The van der Waals surface area contributed by atoms with Gasteiger partial charge in [-0.2, -0.15) is 0 Å². The van der Waals surface area contributed by atoms with Crippen LogP contribution in [0.15, 0.2) is 18.2 Å². The maximum absolute atomic E-state index is 6.18. The van der Waals surface area contributed by atoms with E-state index >= 15 is 0 Å². The minimum atomic E-state index is 0.133. The van der Waals surface area contributed by atoms with Gasteiger partial charge in [0.1, 0.15) is 5.75 Å². The Bertz CT molecular complexity index is 355. The van der Waals surface area contributed by atoms with Gasteiger partial charge in [0.2, 0.25) is 0 Å². The van der Waals surface area contributed by atoms with Crippen LogP contribution in [0.4, 0.5) is 5.69 Å². The lowest BCUT2D eigenvalue weighted by Gasteiger charge is -2.20. The molecule has 2 N–H and O–H groups in total. The van der Waals surface area contributed by atoms with E-state index in [1.54, 1.807) is 0 Å². The first-order chi connectivity index (χ1) is 8.04. The van der Waals surface area contributed by atoms with E-state index in [0.29, 0.717) is 11.6 Å². The van der Waals surface area contributed by atoms with Gasteiger partial charge in [-0.15, -0.1) is 0 Å². The van der Waals surface area contributed by atoms with Crippen LogP contribution < -0.4 is 15.4 Å². The van der Waals surface area contributed by atoms with Crippen molar-refractivity contribution in [1.82, 2.24) is 0 Å². The Labute approximate surface area is 109 Å². The summed E-state index contributed by atoms with van der Waals surface area (Å²) < 4.78 is 5.59. The molecule has 1 aromatic carbocycles. The lowest BCUT2D eigenvalue weighted by Crippen LogP contribution is -2.20. The summed E-state index contributed by atoms with van der Waals surface area (Å²) in [5.41, 5.74) is 6.57. The molecular weight excluding hydrogens is 236 g/mol. The molecule has 0 radical (unpaired) electrons. The molecule has 3 nitrogen and oxygen atoms in total. The Hall–Kier alpha value is -0.930. The second kappa shape index (κ2) is 6.72. The highest BCUT2D eigenvalue weighted by atomic mass is 35.5. The van der Waals surface area contributed by atoms with Crippen LogP contribution in [0.5, 0.6) is 5.75 Å². The van der Waals surface area contributed by atoms with Crippen molar-refractivity contribution in [3.05, 3.63) is 23.2 Å². The number of benzene rings is 1. The van der Waals surface area contributed by atoms with Crippen LogP contribution in [0.3, 0.4) is 0 Å². The second-order valence-corrected chi connectivity index (χ2v) is 4.75. The van der Waals surface area contributed by atoms with Gasteiger partial charge in [-0.25, -0.2) is 0 Å². The number of hydrogen-bond donors (Lipinski definition) is 1. The lowest BCUT2D eigenvalue weighted by atomic mass is 10.2. The molecule has 0 saturated carbocycles. The molecule has 4 heteroatoms. The summed E-state index contributed by atoms with van der Waals surface area (Å²) in [5, 5.41) is 0.649. The van der Waals surface area contributed by atoms with Gasteiger partial charge in [-0.1, -0.05) is 11.6 Å². The molecule has 0 fully saturated rings. The van der Waals surface area contributed by atoms with E-state index in [4.69, 9.17) is 22.1 Å². The molecule has 1 rings (SSSR count). The molecule has 0 aliphatic rings. The summed E-state index contributed by atoms with van der Waals surface area (Å²) in [6.45, 7) is 5.60. The molecule has 0 bridgehead atoms. The van der Waals surface area contributed by atoms with Crippen LogP contribution in [-0.4, -0.2) is 26.2 Å². The Morgan fingerprint density at radius 1 is 1.41 bits per heavy atom. The third-order valence-corrected chi connectivity index (χ3v) is 2.71. The predicted molar refractivity (Wildman–Crippen MR) is 74.2 cm³/mol. The molecule has 0 aliphatic carbocycles. The fourth-order valence-corrected chi connectivity index (χ4v) is 1.75. The van der Waals surface area contributed by atoms with Crippen LogP contribution >= 0.6 is 11.6 Å². The minimum Gasteiger partial charge on any atom is -0.489 e. The van der Waals surface area contributed by atoms with E-state index in [1.807, 2.05) is 39.1 Å². The molecular formula is C13H21ClN2O. The van der Waals surface area contributed by atoms with Crippen LogP contribution in [0.25, 0.3) is 0 Å². The first-order valence-electron chi connectivity index (χ1n) is 5.92. The van der Waals surface area contributed by atoms with Crippen molar-refractivity contribution in [3.63, 3.8) is 0 Å². The first-order valence-corrected chi connectivity index (χ1v) is 6.29. The van der Waals surface area contributed by atoms with Gasteiger partial charge in [0.05, 0.1) is 11.1 Å². The van der Waals surface area contributed by atoms with E-state index in [-0.39, 0.29) is 6.10 Å². The molecule has 96 valence electrons. The number of nitrogens with two attached hydrogens (primary N) is 1. The molecule has 1 aromatic rings. The summed E-state index contributed by atoms with van der Waals surface area (Å²) in [6.07, 6.45) is 1.10. The Kier molecular flexibility index (Phi) is 5.59. The standard InChI is InChI=1S/C13H21ClN2O/c1-10(2)17-13-6-5-11(9-12(13)14)16(3)8-4-7-15/h5-6,9-10H,4,7-8,15H2,1-3H3. The summed E-state index contributed by atoms with van der Waals surface area (Å²) in [7, 11) is 2.03. The number of hydrogen-bond acceptors (Lipinski definition) is 3. The SMILES string of the molecule is CC(C)Oc1ccc(N(C)CCCN)cc1Cl. The Balaban J connectivity index is 2.73. The molecule has 0 spiro atoms. The van der Waals surface area contributed by atoms with E-state index in [1.165, 1.54) is 0 Å². The fraction of sp³-hybridized carbons (Fsp3) is 0.538. The van der Waals surface area contributed by atoms with E-state index < -0.39 is 0 Å². The van der Waals surface area contributed by atoms with Gasteiger partial charge < -0.3 is 15.4 Å². The highest BCUT2D eigenvalue weighted by Gasteiger charge is 2.07. The van der Waals surface area contributed by atoms with Crippen LogP contribution in [-0.2, 0) is 0 Å². The van der Waals surface area contributed by atoms with Crippen molar-refractivity contribution < 1.29 is 4.74 Å². The molecule has 0 amide bonds. The average Bonchev–Trinajstić information content (AvgIpc) is 2.28. The van der Waals surface area contributed by atoms with Gasteiger partial charge in [-0.3, -0.25) is 0 Å². The van der Waals surface area contributed by atoms with Gasteiger partial charge in [0.25, 0.3) is 0 Å². The van der Waals surface area contributed by atoms with Crippen molar-refractivity contribution in [2.45, 2.75) is 26.4 Å². The van der Waals surface area contributed by atoms with Crippen molar-refractivity contribution in [3.8, 4) is 5.75 Å². The molecule has 17 heavy (non-hydrogen) atoms. The average molecular weight is 257 g/mol. The second-order valence-electron chi connectivity index (χ2n) is 4.35. The van der Waals surface area contributed by atoms with E-state index in [9.17, 15) is 0 Å². The first kappa shape index (κ1) is 14.1. The van der Waals surface area contributed by atoms with E-state index in [0.717, 1.165) is 24.4 Å². The third kappa shape index (κ3) is 4.44. The highest BCUT2D eigenvalue weighted by molar-refractivity contribution is 6.32. The maximum atomic E-state index is 6.18. The number of ether oxygens (including phenoxy) is 1. The van der Waals surface area contributed by atoms with Crippen molar-refractivity contribution >= 4 is 17.3 Å². The summed E-state index contributed by atoms with van der Waals surface area (Å²) in [6, 6.07) is 5.85. The van der Waals surface area contributed by atoms with Crippen molar-refractivity contribution in [2.24, 2.45) is 5.73 Å². The topological polar surface area (TPSA) is 38.5 Å². The maximum Gasteiger partial charge on any atom is 0.138 e. The monoisotopic (exact) mass is 256 g/mol. The Morgan fingerprint density at radius 3 is 2.65 bits per heavy atom. The summed E-state index contributed by atoms with van der Waals surface area (Å²) in [5.74, 6) is 0.734. The van der Waals surface area contributed by atoms with Crippen LogP contribution in [0.1, 0.15) is 20.3 Å². The largest absolute Gasteiger partial charge is 0.489 e. The normalized spacial score (nSPS) is 10.7. The highest BCUT2D eigenvalue weighted by Crippen LogP contribution is 2.29. The molecule has 0 atom stereocenters. The quantitative estimate of drug-likeness (QED) is 0.851. The predicted octanol–water partition coefficient (Wildman–Crippen LogP) is 2.91. The van der Waals surface area contributed by atoms with Crippen LogP contribution in [0, 0.1) is 0 Å². The van der Waals surface area contributed by atoms with E-state index in [2.05, 4.69) is 4.90 Å². The number of rotatable bonds is 6. The fourth-order valence-electron chi connectivity index (χ4n) is 1.53. The third-order valence-electron chi connectivity index (χ3n) is 2.42. The van der Waals surface area contributed by atoms with Gasteiger partial charge >= 0.3 is 0 Å². The zero-order chi connectivity index (χ0) is 12.8. The summed E-state index contributed by atoms with van der Waals surface area (Å²) >= 11 is 6.18. The number of nitrogens with zero attached hydrogens (tertiary/aromatic N) is 1. The van der Waals surface area contributed by atoms with Gasteiger partial charge in [0, 0.05) is 19.3 Å². The van der Waals surface area contributed by atoms with Gasteiger partial charge in [-0.05, 0) is 45.0 Å². The van der Waals surface area contributed by atoms with Crippen molar-refractivity contribution in [1.29, 1.82) is 0 Å². The smallest absolute Gasteiger partial charge is 0.138 e. The molecule has 0 heterocycles. The number of anilines is 1. The molecule has 0 aliphatic heterocycles. The van der Waals surface area contributed by atoms with Crippen LogP contribution in [0.2, 0.25) is 5.02 Å². The molecule has 0 saturated heterocycles. The molecule has 0 aromatic heterocycles. The minimum absolute atomic E-state index is 0.133. The zero-order valence-electron chi connectivity index (χ0n) is 10.7. The van der Waals surface area contributed by atoms with Gasteiger partial charge in [0.15, 0.2) is 0 Å². The number of halogens is 1. The summed E-state index contributed by atoms with van der Waals surface area (Å²) in [4.78, 5) is 2.14. The van der Waals surface area contributed by atoms with Crippen molar-refractivity contribution in [2.75, 3.05) is 25.0 Å². The Morgan fingerprint density at radius 2 is 2.12 bits per heavy atom.